The van der Waals surface area contributed by atoms with Crippen molar-refractivity contribution < 1.29 is 4.79 Å². The van der Waals surface area contributed by atoms with Gasteiger partial charge in [0.2, 0.25) is 0 Å². The standard InChI is InChI=1S/C21H22Cl2N2O/c22-17-10-16(11-18(23)12-17)20(26)24-19-13-21(19)6-8-25(9-7-21)14-15-4-2-1-3-5-15/h1-5,10-12,19H,6-9,13-14H2,(H,24,26). The van der Waals surface area contributed by atoms with E-state index in [2.05, 4.69) is 40.5 Å². The number of hydrogen-bond donors (Lipinski definition) is 1. The van der Waals surface area contributed by atoms with E-state index in [1.165, 1.54) is 5.56 Å². The van der Waals surface area contributed by atoms with Crippen LogP contribution in [0.1, 0.15) is 35.2 Å². The zero-order valence-electron chi connectivity index (χ0n) is 14.6. The predicted molar refractivity (Wildman–Crippen MR) is 106 cm³/mol. The lowest BCUT2D eigenvalue weighted by Gasteiger charge is -2.33. The van der Waals surface area contributed by atoms with Gasteiger partial charge in [-0.05, 0) is 61.5 Å². The Morgan fingerprint density at radius 2 is 1.73 bits per heavy atom. The summed E-state index contributed by atoms with van der Waals surface area (Å²) in [7, 11) is 0. The van der Waals surface area contributed by atoms with Crippen molar-refractivity contribution in [2.24, 2.45) is 5.41 Å². The van der Waals surface area contributed by atoms with Gasteiger partial charge in [0.05, 0.1) is 0 Å². The van der Waals surface area contributed by atoms with E-state index in [9.17, 15) is 4.79 Å². The monoisotopic (exact) mass is 388 g/mol. The van der Waals surface area contributed by atoms with Crippen LogP contribution in [0.5, 0.6) is 0 Å². The van der Waals surface area contributed by atoms with E-state index in [0.29, 0.717) is 15.6 Å². The highest BCUT2D eigenvalue weighted by atomic mass is 35.5. The minimum absolute atomic E-state index is 0.0806. The Balaban J connectivity index is 1.30. The van der Waals surface area contributed by atoms with E-state index in [4.69, 9.17) is 23.2 Å². The van der Waals surface area contributed by atoms with Gasteiger partial charge in [-0.25, -0.2) is 0 Å². The van der Waals surface area contributed by atoms with Gasteiger partial charge < -0.3 is 5.32 Å². The van der Waals surface area contributed by atoms with Crippen LogP contribution in [0.3, 0.4) is 0 Å². The lowest BCUT2D eigenvalue weighted by atomic mass is 9.92. The van der Waals surface area contributed by atoms with E-state index in [1.54, 1.807) is 18.2 Å². The van der Waals surface area contributed by atoms with E-state index in [0.717, 1.165) is 38.9 Å². The van der Waals surface area contributed by atoms with Crippen LogP contribution in [-0.2, 0) is 6.54 Å². The Morgan fingerprint density at radius 1 is 1.08 bits per heavy atom. The third-order valence-electron chi connectivity index (χ3n) is 5.72. The minimum Gasteiger partial charge on any atom is -0.349 e. The smallest absolute Gasteiger partial charge is 0.251 e. The molecule has 1 heterocycles. The molecular formula is C21H22Cl2N2O. The number of halogens is 2. The van der Waals surface area contributed by atoms with Crippen molar-refractivity contribution >= 4 is 29.1 Å². The molecule has 1 amide bonds. The summed E-state index contributed by atoms with van der Waals surface area (Å²) in [4.78, 5) is 15.0. The molecule has 2 aromatic rings. The van der Waals surface area contributed by atoms with E-state index in [-0.39, 0.29) is 17.4 Å². The molecule has 3 nitrogen and oxygen atoms in total. The molecule has 2 aromatic carbocycles. The maximum absolute atomic E-state index is 12.5. The summed E-state index contributed by atoms with van der Waals surface area (Å²) in [6, 6.07) is 15.8. The molecule has 2 fully saturated rings. The normalized spacial score (nSPS) is 21.5. The molecule has 1 N–H and O–H groups in total. The number of amides is 1. The fourth-order valence-corrected chi connectivity index (χ4v) is 4.55. The van der Waals surface area contributed by atoms with Gasteiger partial charge in [0.1, 0.15) is 0 Å². The molecule has 2 aliphatic rings. The van der Waals surface area contributed by atoms with Crippen LogP contribution in [0.25, 0.3) is 0 Å². The molecule has 136 valence electrons. The summed E-state index contributed by atoms with van der Waals surface area (Å²) >= 11 is 12.0. The number of hydrogen-bond acceptors (Lipinski definition) is 2. The SMILES string of the molecule is O=C(NC1CC12CCN(Cc1ccccc1)CC2)c1cc(Cl)cc(Cl)c1. The number of carbonyl (C=O) groups is 1. The highest BCUT2D eigenvalue weighted by Crippen LogP contribution is 2.54. The van der Waals surface area contributed by atoms with Crippen LogP contribution in [0.4, 0.5) is 0 Å². The van der Waals surface area contributed by atoms with Gasteiger partial charge in [0.15, 0.2) is 0 Å². The van der Waals surface area contributed by atoms with E-state index in [1.807, 2.05) is 0 Å². The first-order valence-electron chi connectivity index (χ1n) is 9.07. The van der Waals surface area contributed by atoms with Crippen molar-refractivity contribution in [3.63, 3.8) is 0 Å². The fourth-order valence-electron chi connectivity index (χ4n) is 4.03. The van der Waals surface area contributed by atoms with Crippen molar-refractivity contribution in [2.75, 3.05) is 13.1 Å². The summed E-state index contributed by atoms with van der Waals surface area (Å²) in [5, 5.41) is 4.15. The van der Waals surface area contributed by atoms with Gasteiger partial charge in [0, 0.05) is 28.2 Å². The summed E-state index contributed by atoms with van der Waals surface area (Å²) in [6.45, 7) is 3.18. The van der Waals surface area contributed by atoms with Crippen molar-refractivity contribution in [2.45, 2.75) is 31.8 Å². The number of carbonyl (C=O) groups excluding carboxylic acids is 1. The first kappa shape index (κ1) is 17.8. The molecule has 0 bridgehead atoms. The lowest BCUT2D eigenvalue weighted by molar-refractivity contribution is 0.0934. The van der Waals surface area contributed by atoms with Gasteiger partial charge in [-0.3, -0.25) is 9.69 Å². The summed E-state index contributed by atoms with van der Waals surface area (Å²) in [6.07, 6.45) is 3.36. The van der Waals surface area contributed by atoms with Crippen molar-refractivity contribution in [1.29, 1.82) is 0 Å². The maximum Gasteiger partial charge on any atom is 0.251 e. The zero-order chi connectivity index (χ0) is 18.1. The Kier molecular flexibility index (Phi) is 4.96. The van der Waals surface area contributed by atoms with Crippen LogP contribution in [-0.4, -0.2) is 29.9 Å². The number of nitrogens with one attached hydrogen (secondary N) is 1. The second-order valence-electron chi connectivity index (χ2n) is 7.51. The summed E-state index contributed by atoms with van der Waals surface area (Å²) in [5.74, 6) is -0.0806. The number of nitrogens with zero attached hydrogens (tertiary/aromatic N) is 1. The number of rotatable bonds is 4. The topological polar surface area (TPSA) is 32.3 Å². The molecule has 1 aliphatic carbocycles. The van der Waals surface area contributed by atoms with Crippen LogP contribution in [0, 0.1) is 5.41 Å². The molecule has 0 aromatic heterocycles. The van der Waals surface area contributed by atoms with Crippen molar-refractivity contribution in [1.82, 2.24) is 10.2 Å². The van der Waals surface area contributed by atoms with Crippen molar-refractivity contribution in [3.05, 3.63) is 69.7 Å². The second kappa shape index (κ2) is 7.22. The third kappa shape index (κ3) is 3.90. The highest BCUT2D eigenvalue weighted by molar-refractivity contribution is 6.35. The molecule has 1 saturated carbocycles. The largest absolute Gasteiger partial charge is 0.349 e. The molecule has 1 saturated heterocycles. The molecule has 26 heavy (non-hydrogen) atoms. The van der Waals surface area contributed by atoms with E-state index < -0.39 is 0 Å². The minimum atomic E-state index is -0.0806. The lowest BCUT2D eigenvalue weighted by Crippen LogP contribution is -2.38. The number of piperidine rings is 1. The zero-order valence-corrected chi connectivity index (χ0v) is 16.1. The highest BCUT2D eigenvalue weighted by Gasteiger charge is 2.55. The summed E-state index contributed by atoms with van der Waals surface area (Å²) in [5.41, 5.74) is 2.18. The first-order chi connectivity index (χ1) is 12.5. The Labute approximate surface area is 164 Å². The molecule has 0 radical (unpaired) electrons. The van der Waals surface area contributed by atoms with Crippen LogP contribution >= 0.6 is 23.2 Å². The quantitative estimate of drug-likeness (QED) is 0.817. The fraction of sp³-hybridized carbons (Fsp3) is 0.381. The van der Waals surface area contributed by atoms with Gasteiger partial charge in [-0.2, -0.15) is 0 Å². The van der Waals surface area contributed by atoms with Crippen molar-refractivity contribution in [3.8, 4) is 0 Å². The Morgan fingerprint density at radius 3 is 2.38 bits per heavy atom. The summed E-state index contributed by atoms with van der Waals surface area (Å²) < 4.78 is 0. The molecule has 5 heteroatoms. The number of likely N-dealkylation sites (tertiary alicyclic amines) is 1. The third-order valence-corrected chi connectivity index (χ3v) is 6.16. The molecule has 1 spiro atoms. The Bertz CT molecular complexity index is 781. The van der Waals surface area contributed by atoms with Crippen LogP contribution in [0.15, 0.2) is 48.5 Å². The first-order valence-corrected chi connectivity index (χ1v) is 9.83. The number of benzene rings is 2. The molecule has 4 rings (SSSR count). The van der Waals surface area contributed by atoms with Crippen LogP contribution in [0.2, 0.25) is 10.0 Å². The maximum atomic E-state index is 12.5. The van der Waals surface area contributed by atoms with Gasteiger partial charge in [0.25, 0.3) is 5.91 Å². The molecular weight excluding hydrogens is 367 g/mol. The second-order valence-corrected chi connectivity index (χ2v) is 8.39. The molecule has 1 atom stereocenters. The van der Waals surface area contributed by atoms with Gasteiger partial charge in [-0.15, -0.1) is 0 Å². The van der Waals surface area contributed by atoms with Crippen LogP contribution < -0.4 is 5.32 Å². The molecule has 1 unspecified atom stereocenters. The molecule has 1 aliphatic heterocycles. The Hall–Kier alpha value is -1.55. The van der Waals surface area contributed by atoms with Gasteiger partial charge in [-0.1, -0.05) is 53.5 Å². The predicted octanol–water partition coefficient (Wildman–Crippen LogP) is 4.78. The average molecular weight is 389 g/mol. The average Bonchev–Trinajstić information content (AvgIpc) is 3.28. The van der Waals surface area contributed by atoms with E-state index >= 15 is 0 Å². The van der Waals surface area contributed by atoms with Gasteiger partial charge >= 0.3 is 0 Å².